The van der Waals surface area contributed by atoms with E-state index in [1.807, 2.05) is 26.0 Å². The average Bonchev–Trinajstić information content (AvgIpc) is 2.35. The molecule has 4 nitrogen and oxygen atoms in total. The van der Waals surface area contributed by atoms with Gasteiger partial charge in [-0.15, -0.1) is 0 Å². The Morgan fingerprint density at radius 3 is 2.37 bits per heavy atom. The monoisotopic (exact) mass is 278 g/mol. The molecular formula is C14H15ClN2O2. The van der Waals surface area contributed by atoms with Crippen LogP contribution in [0.3, 0.4) is 0 Å². The number of methoxy groups -OCH3 is 1. The molecule has 0 aliphatic rings. The van der Waals surface area contributed by atoms with E-state index in [4.69, 9.17) is 26.8 Å². The third-order valence-corrected chi connectivity index (χ3v) is 2.91. The van der Waals surface area contributed by atoms with Gasteiger partial charge in [-0.25, -0.2) is 0 Å². The van der Waals surface area contributed by atoms with Crippen LogP contribution in [0, 0.1) is 13.8 Å². The zero-order valence-electron chi connectivity index (χ0n) is 11.0. The van der Waals surface area contributed by atoms with E-state index < -0.39 is 0 Å². The Kier molecular flexibility index (Phi) is 3.81. The fourth-order valence-electron chi connectivity index (χ4n) is 1.82. The third-order valence-electron chi connectivity index (χ3n) is 2.69. The fraction of sp³-hybridized carbons (Fsp3) is 0.214. The standard InChI is InChI=1S/C14H15ClN2O2/c1-8-6-10(15)7-9(2)13(8)19-12-5-4-11(16)14(17-12)18-3/h4-7H,16H2,1-3H3. The Morgan fingerprint density at radius 2 is 1.79 bits per heavy atom. The van der Waals surface area contributed by atoms with Gasteiger partial charge < -0.3 is 15.2 Å². The first kappa shape index (κ1) is 13.5. The van der Waals surface area contributed by atoms with Crippen LogP contribution in [0.15, 0.2) is 24.3 Å². The normalized spacial score (nSPS) is 10.3. The van der Waals surface area contributed by atoms with Gasteiger partial charge in [0.05, 0.1) is 12.8 Å². The van der Waals surface area contributed by atoms with Crippen molar-refractivity contribution in [1.29, 1.82) is 0 Å². The highest BCUT2D eigenvalue weighted by atomic mass is 35.5. The molecule has 19 heavy (non-hydrogen) atoms. The topological polar surface area (TPSA) is 57.4 Å². The number of halogens is 1. The third kappa shape index (κ3) is 2.90. The van der Waals surface area contributed by atoms with Crippen LogP contribution in [0.1, 0.15) is 11.1 Å². The number of hydrogen-bond donors (Lipinski definition) is 1. The van der Waals surface area contributed by atoms with Crippen LogP contribution >= 0.6 is 11.6 Å². The first-order chi connectivity index (χ1) is 9.01. The van der Waals surface area contributed by atoms with Crippen molar-refractivity contribution >= 4 is 17.3 Å². The summed E-state index contributed by atoms with van der Waals surface area (Å²) in [6.45, 7) is 3.87. The summed E-state index contributed by atoms with van der Waals surface area (Å²) in [6.07, 6.45) is 0. The van der Waals surface area contributed by atoms with Crippen LogP contribution in [-0.2, 0) is 0 Å². The lowest BCUT2D eigenvalue weighted by atomic mass is 10.1. The molecule has 5 heteroatoms. The maximum Gasteiger partial charge on any atom is 0.240 e. The Bertz CT molecular complexity index is 591. The van der Waals surface area contributed by atoms with Crippen LogP contribution in [0.5, 0.6) is 17.5 Å². The molecule has 0 bridgehead atoms. The SMILES string of the molecule is COc1nc(Oc2c(C)cc(Cl)cc2C)ccc1N. The predicted molar refractivity (Wildman–Crippen MR) is 76.2 cm³/mol. The molecule has 0 saturated carbocycles. The van der Waals surface area contributed by atoms with Gasteiger partial charge in [0.2, 0.25) is 11.8 Å². The Morgan fingerprint density at radius 1 is 1.16 bits per heavy atom. The number of anilines is 1. The molecule has 0 aliphatic heterocycles. The lowest BCUT2D eigenvalue weighted by Crippen LogP contribution is -1.98. The summed E-state index contributed by atoms with van der Waals surface area (Å²) in [5, 5.41) is 0.685. The second-order valence-corrected chi connectivity index (χ2v) is 4.66. The van der Waals surface area contributed by atoms with E-state index in [2.05, 4.69) is 4.98 Å². The molecule has 0 radical (unpaired) electrons. The Balaban J connectivity index is 2.36. The molecule has 100 valence electrons. The van der Waals surface area contributed by atoms with Gasteiger partial charge in [0, 0.05) is 11.1 Å². The predicted octanol–water partition coefficient (Wildman–Crippen LogP) is 3.73. The van der Waals surface area contributed by atoms with Gasteiger partial charge >= 0.3 is 0 Å². The van der Waals surface area contributed by atoms with Crippen molar-refractivity contribution in [3.63, 3.8) is 0 Å². The van der Waals surface area contributed by atoms with Crippen molar-refractivity contribution in [3.8, 4) is 17.5 Å². The number of rotatable bonds is 3. The van der Waals surface area contributed by atoms with E-state index in [0.29, 0.717) is 22.5 Å². The molecular weight excluding hydrogens is 264 g/mol. The second-order valence-electron chi connectivity index (χ2n) is 4.22. The Labute approximate surface area is 117 Å². The zero-order chi connectivity index (χ0) is 14.0. The molecule has 2 rings (SSSR count). The molecule has 0 fully saturated rings. The van der Waals surface area contributed by atoms with Crippen LogP contribution in [0.2, 0.25) is 5.02 Å². The van der Waals surface area contributed by atoms with Gasteiger partial charge in [-0.3, -0.25) is 0 Å². The average molecular weight is 279 g/mol. The highest BCUT2D eigenvalue weighted by Gasteiger charge is 2.10. The fourth-order valence-corrected chi connectivity index (χ4v) is 2.14. The highest BCUT2D eigenvalue weighted by Crippen LogP contribution is 2.32. The summed E-state index contributed by atoms with van der Waals surface area (Å²) in [7, 11) is 1.52. The summed E-state index contributed by atoms with van der Waals surface area (Å²) in [5.74, 6) is 1.52. The molecule has 1 heterocycles. The van der Waals surface area contributed by atoms with Gasteiger partial charge in [0.25, 0.3) is 0 Å². The van der Waals surface area contributed by atoms with Crippen LogP contribution < -0.4 is 15.2 Å². The summed E-state index contributed by atoms with van der Waals surface area (Å²) >= 11 is 5.99. The van der Waals surface area contributed by atoms with Crippen molar-refractivity contribution in [2.75, 3.05) is 12.8 Å². The van der Waals surface area contributed by atoms with E-state index in [0.717, 1.165) is 16.9 Å². The first-order valence-corrected chi connectivity index (χ1v) is 6.14. The van der Waals surface area contributed by atoms with Crippen molar-refractivity contribution < 1.29 is 9.47 Å². The number of nitrogens with zero attached hydrogens (tertiary/aromatic N) is 1. The number of pyridine rings is 1. The number of aryl methyl sites for hydroxylation is 2. The van der Waals surface area contributed by atoms with Crippen LogP contribution in [0.25, 0.3) is 0 Å². The number of nitrogens with two attached hydrogens (primary N) is 1. The lowest BCUT2D eigenvalue weighted by Gasteiger charge is -2.12. The Hall–Kier alpha value is -1.94. The van der Waals surface area contributed by atoms with E-state index in [9.17, 15) is 0 Å². The van der Waals surface area contributed by atoms with Crippen molar-refractivity contribution in [1.82, 2.24) is 4.98 Å². The lowest BCUT2D eigenvalue weighted by molar-refractivity contribution is 0.384. The molecule has 0 saturated heterocycles. The maximum atomic E-state index is 5.99. The zero-order valence-corrected chi connectivity index (χ0v) is 11.8. The van der Waals surface area contributed by atoms with Crippen molar-refractivity contribution in [2.45, 2.75) is 13.8 Å². The first-order valence-electron chi connectivity index (χ1n) is 5.76. The van der Waals surface area contributed by atoms with Gasteiger partial charge in [-0.05, 0) is 43.2 Å². The van der Waals surface area contributed by atoms with Crippen LogP contribution in [-0.4, -0.2) is 12.1 Å². The quantitative estimate of drug-likeness (QED) is 0.929. The number of aromatic nitrogens is 1. The number of nitrogen functional groups attached to an aromatic ring is 1. The molecule has 0 aliphatic carbocycles. The summed E-state index contributed by atoms with van der Waals surface area (Å²) in [5.41, 5.74) is 8.08. The largest absolute Gasteiger partial charge is 0.479 e. The van der Waals surface area contributed by atoms with Crippen molar-refractivity contribution in [3.05, 3.63) is 40.4 Å². The maximum absolute atomic E-state index is 5.99. The van der Waals surface area contributed by atoms with E-state index in [1.54, 1.807) is 12.1 Å². The highest BCUT2D eigenvalue weighted by molar-refractivity contribution is 6.30. The summed E-state index contributed by atoms with van der Waals surface area (Å²) in [4.78, 5) is 4.19. The van der Waals surface area contributed by atoms with Gasteiger partial charge in [-0.2, -0.15) is 4.98 Å². The van der Waals surface area contributed by atoms with E-state index >= 15 is 0 Å². The molecule has 0 amide bonds. The summed E-state index contributed by atoms with van der Waals surface area (Å²) < 4.78 is 10.9. The van der Waals surface area contributed by atoms with Gasteiger partial charge in [-0.1, -0.05) is 11.6 Å². The minimum Gasteiger partial charge on any atom is -0.479 e. The molecule has 2 N–H and O–H groups in total. The molecule has 2 aromatic rings. The minimum absolute atomic E-state index is 0.349. The molecule has 1 aromatic heterocycles. The number of hydrogen-bond acceptors (Lipinski definition) is 4. The molecule has 1 aromatic carbocycles. The van der Waals surface area contributed by atoms with Crippen molar-refractivity contribution in [2.24, 2.45) is 0 Å². The minimum atomic E-state index is 0.349. The molecule has 0 spiro atoms. The molecule has 0 unspecified atom stereocenters. The summed E-state index contributed by atoms with van der Waals surface area (Å²) in [6, 6.07) is 7.09. The smallest absolute Gasteiger partial charge is 0.240 e. The van der Waals surface area contributed by atoms with Gasteiger partial charge in [0.15, 0.2) is 0 Å². The second kappa shape index (κ2) is 5.36. The van der Waals surface area contributed by atoms with Crippen LogP contribution in [0.4, 0.5) is 5.69 Å². The molecule has 0 atom stereocenters. The number of benzene rings is 1. The van der Waals surface area contributed by atoms with E-state index in [1.165, 1.54) is 7.11 Å². The van der Waals surface area contributed by atoms with Gasteiger partial charge in [0.1, 0.15) is 5.75 Å². The number of ether oxygens (including phenoxy) is 2. The van der Waals surface area contributed by atoms with E-state index in [-0.39, 0.29) is 0 Å².